The highest BCUT2D eigenvalue weighted by Crippen LogP contribution is 2.45. The Morgan fingerprint density at radius 2 is 2.21 bits per heavy atom. The van der Waals surface area contributed by atoms with E-state index < -0.39 is 0 Å². The molecule has 2 aliphatic heterocycles. The predicted molar refractivity (Wildman–Crippen MR) is 75.4 cm³/mol. The monoisotopic (exact) mass is 261 g/mol. The summed E-state index contributed by atoms with van der Waals surface area (Å²) >= 11 is 0. The van der Waals surface area contributed by atoms with Crippen LogP contribution in [0, 0.1) is 5.92 Å². The normalized spacial score (nSPS) is 30.5. The fourth-order valence-electron chi connectivity index (χ4n) is 3.65. The summed E-state index contributed by atoms with van der Waals surface area (Å²) in [6, 6.07) is 8.71. The molecule has 2 heterocycles. The molecule has 3 nitrogen and oxygen atoms in total. The summed E-state index contributed by atoms with van der Waals surface area (Å²) in [5.74, 6) is 1.58. The van der Waals surface area contributed by atoms with Gasteiger partial charge in [0.25, 0.3) is 0 Å². The molecule has 3 heteroatoms. The molecule has 4 unspecified atom stereocenters. The van der Waals surface area contributed by atoms with Crippen LogP contribution in [0.2, 0.25) is 0 Å². The third-order valence-corrected chi connectivity index (χ3v) is 4.45. The van der Waals surface area contributed by atoms with Crippen molar-refractivity contribution < 1.29 is 9.47 Å². The van der Waals surface area contributed by atoms with Crippen molar-refractivity contribution in [3.63, 3.8) is 0 Å². The molecule has 0 spiro atoms. The van der Waals surface area contributed by atoms with Gasteiger partial charge in [-0.25, -0.2) is 0 Å². The Morgan fingerprint density at radius 3 is 2.84 bits per heavy atom. The fourth-order valence-corrected chi connectivity index (χ4v) is 3.65. The summed E-state index contributed by atoms with van der Waals surface area (Å²) in [7, 11) is 2.04. The Bertz CT molecular complexity index is 435. The van der Waals surface area contributed by atoms with Crippen molar-refractivity contribution in [3.05, 3.63) is 29.8 Å². The molecule has 104 valence electrons. The number of nitrogens with one attached hydrogen (secondary N) is 1. The number of ether oxygens (including phenoxy) is 2. The third kappa shape index (κ3) is 2.37. The van der Waals surface area contributed by atoms with E-state index >= 15 is 0 Å². The molecule has 0 radical (unpaired) electrons. The van der Waals surface area contributed by atoms with E-state index in [0.29, 0.717) is 30.8 Å². The maximum Gasteiger partial charge on any atom is 0.124 e. The largest absolute Gasteiger partial charge is 0.494 e. The number of benzene rings is 1. The highest BCUT2D eigenvalue weighted by Gasteiger charge is 2.44. The predicted octanol–water partition coefficient (Wildman–Crippen LogP) is 2.91. The Labute approximate surface area is 115 Å². The second-order valence-electron chi connectivity index (χ2n) is 5.51. The fraction of sp³-hybridized carbons (Fsp3) is 0.625. The topological polar surface area (TPSA) is 30.5 Å². The summed E-state index contributed by atoms with van der Waals surface area (Å²) in [4.78, 5) is 0. The van der Waals surface area contributed by atoms with E-state index in [0.717, 1.165) is 5.75 Å². The molecule has 0 aromatic heterocycles. The first-order valence-electron chi connectivity index (χ1n) is 7.38. The molecule has 2 bridgehead atoms. The van der Waals surface area contributed by atoms with E-state index in [2.05, 4.69) is 23.5 Å². The third-order valence-electron chi connectivity index (χ3n) is 4.45. The zero-order chi connectivity index (χ0) is 13.2. The zero-order valence-corrected chi connectivity index (χ0v) is 11.8. The molecule has 1 aromatic carbocycles. The van der Waals surface area contributed by atoms with Crippen LogP contribution in [0.4, 0.5) is 0 Å². The number of hydrogen-bond donors (Lipinski definition) is 1. The van der Waals surface area contributed by atoms with Gasteiger partial charge in [0, 0.05) is 17.5 Å². The molecule has 4 atom stereocenters. The van der Waals surface area contributed by atoms with Crippen LogP contribution in [-0.4, -0.2) is 25.9 Å². The zero-order valence-electron chi connectivity index (χ0n) is 11.8. The number of fused-ring (bicyclic) bond motifs is 2. The maximum absolute atomic E-state index is 6.01. The summed E-state index contributed by atoms with van der Waals surface area (Å²) in [6.07, 6.45) is 4.55. The van der Waals surface area contributed by atoms with Crippen LogP contribution in [0.15, 0.2) is 24.3 Å². The van der Waals surface area contributed by atoms with Crippen molar-refractivity contribution in [1.82, 2.24) is 5.32 Å². The first-order valence-corrected chi connectivity index (χ1v) is 7.38. The van der Waals surface area contributed by atoms with Crippen LogP contribution in [0.25, 0.3) is 0 Å². The average molecular weight is 261 g/mol. The smallest absolute Gasteiger partial charge is 0.124 e. The molecule has 2 fully saturated rings. The molecule has 0 aliphatic carbocycles. The van der Waals surface area contributed by atoms with E-state index in [1.807, 2.05) is 20.0 Å². The molecule has 0 amide bonds. The minimum absolute atomic E-state index is 0.332. The molecular formula is C16H23NO2. The van der Waals surface area contributed by atoms with Gasteiger partial charge in [0.2, 0.25) is 0 Å². The highest BCUT2D eigenvalue weighted by atomic mass is 16.5. The Hall–Kier alpha value is -1.06. The second-order valence-corrected chi connectivity index (χ2v) is 5.51. The second kappa shape index (κ2) is 5.51. The van der Waals surface area contributed by atoms with Gasteiger partial charge in [0.15, 0.2) is 0 Å². The van der Waals surface area contributed by atoms with E-state index in [1.54, 1.807) is 0 Å². The number of hydrogen-bond acceptors (Lipinski definition) is 3. The van der Waals surface area contributed by atoms with E-state index in [-0.39, 0.29) is 0 Å². The van der Waals surface area contributed by atoms with Gasteiger partial charge in [0.1, 0.15) is 5.75 Å². The van der Waals surface area contributed by atoms with Gasteiger partial charge in [-0.2, -0.15) is 0 Å². The van der Waals surface area contributed by atoms with Gasteiger partial charge in [-0.1, -0.05) is 18.2 Å². The molecule has 0 saturated carbocycles. The van der Waals surface area contributed by atoms with Gasteiger partial charge in [-0.15, -0.1) is 0 Å². The lowest BCUT2D eigenvalue weighted by molar-refractivity contribution is 0.0860. The summed E-state index contributed by atoms with van der Waals surface area (Å²) in [6.45, 7) is 2.74. The molecule has 1 aromatic rings. The molecule has 2 saturated heterocycles. The van der Waals surface area contributed by atoms with Crippen molar-refractivity contribution in [1.29, 1.82) is 0 Å². The van der Waals surface area contributed by atoms with Crippen molar-refractivity contribution in [2.45, 2.75) is 44.4 Å². The molecule has 19 heavy (non-hydrogen) atoms. The number of rotatable bonds is 5. The first kappa shape index (κ1) is 12.9. The summed E-state index contributed by atoms with van der Waals surface area (Å²) < 4.78 is 11.8. The Morgan fingerprint density at radius 1 is 1.37 bits per heavy atom. The van der Waals surface area contributed by atoms with Crippen LogP contribution < -0.4 is 10.1 Å². The minimum Gasteiger partial charge on any atom is -0.494 e. The summed E-state index contributed by atoms with van der Waals surface area (Å²) in [5.41, 5.74) is 1.27. The average Bonchev–Trinajstić information content (AvgIpc) is 3.04. The van der Waals surface area contributed by atoms with Crippen molar-refractivity contribution in [3.8, 4) is 5.75 Å². The molecule has 2 aliphatic rings. The summed E-state index contributed by atoms with van der Waals surface area (Å²) in [5, 5.41) is 3.48. The molecule has 1 N–H and O–H groups in total. The van der Waals surface area contributed by atoms with Gasteiger partial charge in [0.05, 0.1) is 18.8 Å². The van der Waals surface area contributed by atoms with Crippen LogP contribution in [0.3, 0.4) is 0 Å². The maximum atomic E-state index is 6.01. The number of para-hydroxylation sites is 1. The lowest BCUT2D eigenvalue weighted by Gasteiger charge is -2.29. The van der Waals surface area contributed by atoms with E-state index in [1.165, 1.54) is 24.8 Å². The Kier molecular flexibility index (Phi) is 3.76. The highest BCUT2D eigenvalue weighted by molar-refractivity contribution is 5.36. The minimum atomic E-state index is 0.332. The van der Waals surface area contributed by atoms with Crippen LogP contribution >= 0.6 is 0 Å². The van der Waals surface area contributed by atoms with Gasteiger partial charge in [-0.3, -0.25) is 0 Å². The molecular weight excluding hydrogens is 238 g/mol. The lowest BCUT2D eigenvalue weighted by Crippen LogP contribution is -2.32. The first-order chi connectivity index (χ1) is 9.33. The van der Waals surface area contributed by atoms with Crippen molar-refractivity contribution >= 4 is 0 Å². The van der Waals surface area contributed by atoms with Crippen molar-refractivity contribution in [2.75, 3.05) is 13.7 Å². The van der Waals surface area contributed by atoms with Gasteiger partial charge < -0.3 is 14.8 Å². The lowest BCUT2D eigenvalue weighted by atomic mass is 9.81. The van der Waals surface area contributed by atoms with E-state index in [9.17, 15) is 0 Å². The van der Waals surface area contributed by atoms with Crippen LogP contribution in [-0.2, 0) is 4.74 Å². The SMILES string of the molecule is CCOc1ccccc1C(NC)C1CC2CCC1O2. The van der Waals surface area contributed by atoms with Crippen LogP contribution in [0.1, 0.15) is 37.8 Å². The van der Waals surface area contributed by atoms with Crippen LogP contribution in [0.5, 0.6) is 5.75 Å². The van der Waals surface area contributed by atoms with Gasteiger partial charge >= 0.3 is 0 Å². The Balaban J connectivity index is 1.86. The molecule has 3 rings (SSSR count). The van der Waals surface area contributed by atoms with Gasteiger partial charge in [-0.05, 0) is 39.3 Å². The standard InChI is InChI=1S/C16H23NO2/c1-3-18-14-7-5-4-6-12(14)16(17-2)13-10-11-8-9-15(13)19-11/h4-7,11,13,15-17H,3,8-10H2,1-2H3. The van der Waals surface area contributed by atoms with Crippen molar-refractivity contribution in [2.24, 2.45) is 5.92 Å². The quantitative estimate of drug-likeness (QED) is 0.884. The van der Waals surface area contributed by atoms with E-state index in [4.69, 9.17) is 9.47 Å².